The Morgan fingerprint density at radius 1 is 0.960 bits per heavy atom. The third kappa shape index (κ3) is 4.80. The number of carbonyl (C=O) groups excluding carboxylic acids is 2. The zero-order valence-corrected chi connectivity index (χ0v) is 14.9. The minimum atomic E-state index is -0.199. The lowest BCUT2D eigenvalue weighted by atomic mass is 9.86. The predicted molar refractivity (Wildman–Crippen MR) is 102 cm³/mol. The van der Waals surface area contributed by atoms with E-state index >= 15 is 0 Å². The van der Waals surface area contributed by atoms with Crippen molar-refractivity contribution in [1.29, 1.82) is 0 Å². The second-order valence-electron chi connectivity index (χ2n) is 6.83. The van der Waals surface area contributed by atoms with Gasteiger partial charge in [0.25, 0.3) is 11.8 Å². The lowest BCUT2D eigenvalue weighted by Gasteiger charge is -2.23. The molecular formula is C21H24N2O2. The van der Waals surface area contributed by atoms with Gasteiger partial charge in [0.05, 0.1) is 0 Å². The summed E-state index contributed by atoms with van der Waals surface area (Å²) < 4.78 is 0. The lowest BCUT2D eigenvalue weighted by molar-refractivity contribution is 0.0956. The number of para-hydroxylation sites is 1. The van der Waals surface area contributed by atoms with Crippen LogP contribution in [0.4, 0.5) is 5.69 Å². The average Bonchev–Trinajstić information content (AvgIpc) is 2.59. The first-order valence-electron chi connectivity index (χ1n) is 8.23. The molecule has 4 nitrogen and oxygen atoms in total. The lowest BCUT2D eigenvalue weighted by Crippen LogP contribution is -2.23. The Morgan fingerprint density at radius 2 is 1.52 bits per heavy atom. The van der Waals surface area contributed by atoms with Crippen LogP contribution in [0.3, 0.4) is 0 Å². The van der Waals surface area contributed by atoms with E-state index in [0.29, 0.717) is 17.7 Å². The highest BCUT2D eigenvalue weighted by molar-refractivity contribution is 6.05. The van der Waals surface area contributed by atoms with Crippen molar-refractivity contribution in [3.05, 3.63) is 77.9 Å². The fourth-order valence-corrected chi connectivity index (χ4v) is 2.48. The maximum Gasteiger partial charge on any atom is 0.255 e. The molecule has 0 atom stereocenters. The molecular weight excluding hydrogens is 312 g/mol. The quantitative estimate of drug-likeness (QED) is 0.806. The number of hydrogen-bond acceptors (Lipinski definition) is 2. The van der Waals surface area contributed by atoms with Crippen LogP contribution < -0.4 is 10.6 Å². The number of anilines is 1. The summed E-state index contributed by atoms with van der Waals surface area (Å²) in [5, 5.41) is 5.67. The normalized spacial score (nSPS) is 10.8. The molecule has 0 aromatic heterocycles. The van der Waals surface area contributed by atoms with Crippen LogP contribution in [0.2, 0.25) is 0 Å². The smallest absolute Gasteiger partial charge is 0.255 e. The van der Waals surface area contributed by atoms with Crippen LogP contribution in [0.1, 0.15) is 47.1 Å². The van der Waals surface area contributed by atoms with Crippen molar-refractivity contribution in [3.8, 4) is 0 Å². The van der Waals surface area contributed by atoms with Gasteiger partial charge in [0, 0.05) is 23.4 Å². The maximum absolute atomic E-state index is 12.5. The van der Waals surface area contributed by atoms with Gasteiger partial charge in [-0.2, -0.15) is 0 Å². The fraction of sp³-hybridized carbons (Fsp3) is 0.238. The van der Waals surface area contributed by atoms with Crippen molar-refractivity contribution in [2.24, 2.45) is 0 Å². The summed E-state index contributed by atoms with van der Waals surface area (Å²) in [5.74, 6) is -0.389. The number of hydrogen-bond donors (Lipinski definition) is 2. The molecule has 2 N–H and O–H groups in total. The minimum absolute atomic E-state index is 0.0724. The third-order valence-electron chi connectivity index (χ3n) is 3.80. The first-order chi connectivity index (χ1) is 11.8. The highest BCUT2D eigenvalue weighted by Gasteiger charge is 2.19. The summed E-state index contributed by atoms with van der Waals surface area (Å²) in [5.41, 5.74) is 2.81. The largest absolute Gasteiger partial charge is 0.349 e. The maximum atomic E-state index is 12.5. The van der Waals surface area contributed by atoms with Crippen LogP contribution in [0.25, 0.3) is 0 Å². The van der Waals surface area contributed by atoms with E-state index in [1.54, 1.807) is 30.3 Å². The standard InChI is InChI=1S/C21H24N2O2/c1-5-14-22-19(24)15-10-12-16(13-11-15)20(25)23-18-9-7-6-8-17(18)21(2,3)4/h5-13H,1,14H2,2-4H3,(H,22,24)(H,23,25). The van der Waals surface area contributed by atoms with Crippen molar-refractivity contribution in [2.75, 3.05) is 11.9 Å². The highest BCUT2D eigenvalue weighted by atomic mass is 16.2. The van der Waals surface area contributed by atoms with E-state index in [2.05, 4.69) is 38.0 Å². The molecule has 0 spiro atoms. The van der Waals surface area contributed by atoms with E-state index in [0.717, 1.165) is 11.3 Å². The van der Waals surface area contributed by atoms with Crippen LogP contribution in [0, 0.1) is 0 Å². The van der Waals surface area contributed by atoms with Crippen molar-refractivity contribution < 1.29 is 9.59 Å². The second-order valence-corrected chi connectivity index (χ2v) is 6.83. The predicted octanol–water partition coefficient (Wildman–Crippen LogP) is 4.15. The average molecular weight is 336 g/mol. The Labute approximate surface area is 149 Å². The third-order valence-corrected chi connectivity index (χ3v) is 3.80. The Kier molecular flexibility index (Phi) is 5.75. The van der Waals surface area contributed by atoms with Gasteiger partial charge in [0.1, 0.15) is 0 Å². The van der Waals surface area contributed by atoms with E-state index in [-0.39, 0.29) is 17.2 Å². The van der Waals surface area contributed by atoms with E-state index in [1.807, 2.05) is 24.3 Å². The van der Waals surface area contributed by atoms with Crippen molar-refractivity contribution >= 4 is 17.5 Å². The summed E-state index contributed by atoms with van der Waals surface area (Å²) in [7, 11) is 0. The molecule has 0 aliphatic heterocycles. The van der Waals surface area contributed by atoms with Gasteiger partial charge in [-0.05, 0) is 41.3 Å². The number of carbonyl (C=O) groups is 2. The molecule has 0 saturated carbocycles. The van der Waals surface area contributed by atoms with Gasteiger partial charge >= 0.3 is 0 Å². The summed E-state index contributed by atoms with van der Waals surface area (Å²) in [6.07, 6.45) is 1.62. The molecule has 2 aromatic carbocycles. The topological polar surface area (TPSA) is 58.2 Å². The Bertz CT molecular complexity index is 771. The molecule has 0 aliphatic carbocycles. The fourth-order valence-electron chi connectivity index (χ4n) is 2.48. The first kappa shape index (κ1) is 18.5. The molecule has 2 aromatic rings. The second kappa shape index (κ2) is 7.79. The van der Waals surface area contributed by atoms with Crippen molar-refractivity contribution in [1.82, 2.24) is 5.32 Å². The van der Waals surface area contributed by atoms with Crippen LogP contribution in [0.5, 0.6) is 0 Å². The van der Waals surface area contributed by atoms with E-state index in [1.165, 1.54) is 0 Å². The molecule has 0 aliphatic rings. The Morgan fingerprint density at radius 3 is 2.08 bits per heavy atom. The molecule has 0 bridgehead atoms. The number of amides is 2. The minimum Gasteiger partial charge on any atom is -0.349 e. The van der Waals surface area contributed by atoms with Gasteiger partial charge in [-0.1, -0.05) is 45.0 Å². The van der Waals surface area contributed by atoms with E-state index < -0.39 is 0 Å². The molecule has 0 radical (unpaired) electrons. The summed E-state index contributed by atoms with van der Waals surface area (Å²) >= 11 is 0. The zero-order valence-electron chi connectivity index (χ0n) is 14.9. The first-order valence-corrected chi connectivity index (χ1v) is 8.23. The zero-order chi connectivity index (χ0) is 18.4. The molecule has 0 unspecified atom stereocenters. The SMILES string of the molecule is C=CCNC(=O)c1ccc(C(=O)Nc2ccccc2C(C)(C)C)cc1. The summed E-state index contributed by atoms with van der Waals surface area (Å²) in [4.78, 5) is 24.4. The molecule has 4 heteroatoms. The monoisotopic (exact) mass is 336 g/mol. The highest BCUT2D eigenvalue weighted by Crippen LogP contribution is 2.29. The molecule has 0 saturated heterocycles. The van der Waals surface area contributed by atoms with Gasteiger partial charge in [0.15, 0.2) is 0 Å². The van der Waals surface area contributed by atoms with Crippen LogP contribution in [-0.4, -0.2) is 18.4 Å². The van der Waals surface area contributed by atoms with Gasteiger partial charge < -0.3 is 10.6 Å². The van der Waals surface area contributed by atoms with Crippen molar-refractivity contribution in [3.63, 3.8) is 0 Å². The van der Waals surface area contributed by atoms with Crippen LogP contribution >= 0.6 is 0 Å². The van der Waals surface area contributed by atoms with E-state index in [9.17, 15) is 9.59 Å². The van der Waals surface area contributed by atoms with Gasteiger partial charge in [-0.3, -0.25) is 9.59 Å². The van der Waals surface area contributed by atoms with Gasteiger partial charge in [-0.25, -0.2) is 0 Å². The van der Waals surface area contributed by atoms with Gasteiger partial charge in [-0.15, -0.1) is 6.58 Å². The molecule has 2 rings (SSSR count). The Hall–Kier alpha value is -2.88. The molecule has 25 heavy (non-hydrogen) atoms. The van der Waals surface area contributed by atoms with Crippen LogP contribution in [0.15, 0.2) is 61.2 Å². The Balaban J connectivity index is 2.15. The molecule has 2 amide bonds. The molecule has 0 fully saturated rings. The van der Waals surface area contributed by atoms with Crippen LogP contribution in [-0.2, 0) is 5.41 Å². The number of benzene rings is 2. The summed E-state index contributed by atoms with van der Waals surface area (Å²) in [6, 6.07) is 14.4. The summed E-state index contributed by atoms with van der Waals surface area (Å²) in [6.45, 7) is 10.3. The molecule has 0 heterocycles. The number of nitrogens with one attached hydrogen (secondary N) is 2. The number of rotatable bonds is 5. The molecule has 130 valence electrons. The van der Waals surface area contributed by atoms with Gasteiger partial charge in [0.2, 0.25) is 0 Å². The van der Waals surface area contributed by atoms with Crippen molar-refractivity contribution in [2.45, 2.75) is 26.2 Å². The van der Waals surface area contributed by atoms with E-state index in [4.69, 9.17) is 0 Å².